The maximum Gasteiger partial charge on any atom is 0.331 e. The highest BCUT2D eigenvalue weighted by atomic mass is 31.2. The normalized spacial score (nSPS) is 12.6. The summed E-state index contributed by atoms with van der Waals surface area (Å²) in [6, 6.07) is 0. The quantitative estimate of drug-likeness (QED) is 0.512. The first-order valence-corrected chi connectivity index (χ1v) is 10.1. The summed E-state index contributed by atoms with van der Waals surface area (Å²) >= 11 is 0. The molecule has 0 amide bonds. The topological polar surface area (TPSA) is 125 Å². The molecule has 2 aromatic rings. The molecule has 0 atom stereocenters. The highest BCUT2D eigenvalue weighted by Crippen LogP contribution is 2.51. The summed E-state index contributed by atoms with van der Waals surface area (Å²) in [4.78, 5) is 22.4. The zero-order chi connectivity index (χ0) is 18.6. The van der Waals surface area contributed by atoms with Gasteiger partial charge in [0, 0.05) is 6.54 Å². The predicted octanol–water partition coefficient (Wildman–Crippen LogP) is 2.53. The molecule has 0 saturated heterocycles. The van der Waals surface area contributed by atoms with Gasteiger partial charge < -0.3 is 19.3 Å². The number of nitrogens with one attached hydrogen (secondary N) is 1. The number of aryl methyl sites for hydroxylation is 1. The van der Waals surface area contributed by atoms with Gasteiger partial charge in [-0.1, -0.05) is 0 Å². The van der Waals surface area contributed by atoms with Crippen molar-refractivity contribution < 1.29 is 13.6 Å². The number of imidazole rings is 1. The molecule has 0 spiro atoms. The van der Waals surface area contributed by atoms with E-state index in [-0.39, 0.29) is 29.2 Å². The molecule has 25 heavy (non-hydrogen) atoms. The second-order valence-electron chi connectivity index (χ2n) is 6.41. The highest BCUT2D eigenvalue weighted by Gasteiger charge is 2.27. The number of unbranched alkanes of at least 4 members (excludes halogenated alkanes) is 1. The number of fused-ring (bicyclic) bond motifs is 1. The Morgan fingerprint density at radius 3 is 2.48 bits per heavy atom. The minimum atomic E-state index is -3.12. The van der Waals surface area contributed by atoms with Crippen LogP contribution < -0.4 is 11.3 Å². The molecule has 2 rings (SSSR count). The molecule has 0 aliphatic carbocycles. The van der Waals surface area contributed by atoms with Crippen molar-refractivity contribution in [3.8, 4) is 0 Å². The average Bonchev–Trinajstić information content (AvgIpc) is 2.85. The molecule has 0 aromatic carbocycles. The van der Waals surface area contributed by atoms with Gasteiger partial charge in [-0.15, -0.1) is 0 Å². The van der Waals surface area contributed by atoms with Crippen molar-refractivity contribution in [3.05, 3.63) is 16.7 Å². The van der Waals surface area contributed by atoms with Gasteiger partial charge in [-0.2, -0.15) is 4.98 Å². The van der Waals surface area contributed by atoms with Crippen LogP contribution in [0.1, 0.15) is 40.5 Å². The number of nitrogens with two attached hydrogens (primary N) is 1. The van der Waals surface area contributed by atoms with Gasteiger partial charge in [0.25, 0.3) is 5.56 Å². The summed E-state index contributed by atoms with van der Waals surface area (Å²) in [5, 5.41) is 0. The highest BCUT2D eigenvalue weighted by molar-refractivity contribution is 7.53. The maximum absolute atomic E-state index is 12.8. The van der Waals surface area contributed by atoms with Gasteiger partial charge in [0.05, 0.1) is 24.7 Å². The van der Waals surface area contributed by atoms with Gasteiger partial charge in [0.15, 0.2) is 11.2 Å². The number of nitrogen functional groups attached to an aromatic ring is 1. The lowest BCUT2D eigenvalue weighted by atomic mass is 10.3. The van der Waals surface area contributed by atoms with Crippen LogP contribution in [0.5, 0.6) is 0 Å². The number of H-pyrrole nitrogens is 1. The number of anilines is 1. The third-order valence-electron chi connectivity index (χ3n) is 3.32. The number of aromatic amines is 1. The van der Waals surface area contributed by atoms with E-state index in [9.17, 15) is 9.36 Å². The zero-order valence-corrected chi connectivity index (χ0v) is 16.0. The van der Waals surface area contributed by atoms with E-state index in [1.54, 1.807) is 10.9 Å². The van der Waals surface area contributed by atoms with Gasteiger partial charge in [-0.3, -0.25) is 14.3 Å². The largest absolute Gasteiger partial charge is 0.369 e. The molecule has 0 radical (unpaired) electrons. The molecule has 2 heterocycles. The lowest BCUT2D eigenvalue weighted by Crippen LogP contribution is -2.12. The second-order valence-corrected chi connectivity index (χ2v) is 8.50. The summed E-state index contributed by atoms with van der Waals surface area (Å²) < 4.78 is 25.6. The van der Waals surface area contributed by atoms with E-state index in [1.165, 1.54) is 0 Å². The van der Waals surface area contributed by atoms with Crippen LogP contribution in [-0.2, 0) is 20.2 Å². The van der Waals surface area contributed by atoms with Gasteiger partial charge in [0.2, 0.25) is 5.95 Å². The first-order chi connectivity index (χ1) is 11.7. The Kier molecular flexibility index (Phi) is 6.37. The van der Waals surface area contributed by atoms with Crippen molar-refractivity contribution in [3.63, 3.8) is 0 Å². The Hall–Kier alpha value is -1.70. The van der Waals surface area contributed by atoms with Gasteiger partial charge in [-0.25, -0.2) is 4.98 Å². The van der Waals surface area contributed by atoms with E-state index in [1.807, 2.05) is 27.7 Å². The third-order valence-corrected chi connectivity index (χ3v) is 5.67. The Balaban J connectivity index is 1.98. The summed E-state index contributed by atoms with van der Waals surface area (Å²) in [6.07, 6.45) is 2.93. The van der Waals surface area contributed by atoms with Crippen LogP contribution in [0.25, 0.3) is 11.2 Å². The van der Waals surface area contributed by atoms with Crippen LogP contribution in [0.4, 0.5) is 5.95 Å². The number of aromatic nitrogens is 4. The molecule has 0 bridgehead atoms. The van der Waals surface area contributed by atoms with Crippen LogP contribution >= 0.6 is 7.60 Å². The van der Waals surface area contributed by atoms with Gasteiger partial charge in [-0.05, 0) is 40.5 Å². The number of hydrogen-bond acceptors (Lipinski definition) is 7. The van der Waals surface area contributed by atoms with Crippen molar-refractivity contribution in [2.75, 3.05) is 11.9 Å². The lowest BCUT2D eigenvalue weighted by Gasteiger charge is -2.22. The molecular formula is C15H26N5O4P. The zero-order valence-electron chi connectivity index (χ0n) is 15.1. The van der Waals surface area contributed by atoms with Crippen molar-refractivity contribution in [2.45, 2.75) is 59.3 Å². The van der Waals surface area contributed by atoms with Crippen LogP contribution in [0.3, 0.4) is 0 Å². The molecule has 0 aliphatic heterocycles. The fourth-order valence-electron chi connectivity index (χ4n) is 2.49. The molecule has 0 aliphatic rings. The average molecular weight is 371 g/mol. The summed E-state index contributed by atoms with van der Waals surface area (Å²) in [6.45, 7) is 7.92. The number of rotatable bonds is 9. The summed E-state index contributed by atoms with van der Waals surface area (Å²) in [5.74, 6) is 0.0550. The van der Waals surface area contributed by atoms with Crippen LogP contribution in [0.15, 0.2) is 11.1 Å². The van der Waals surface area contributed by atoms with E-state index in [4.69, 9.17) is 14.8 Å². The molecule has 2 aromatic heterocycles. The van der Waals surface area contributed by atoms with E-state index >= 15 is 0 Å². The molecule has 0 unspecified atom stereocenters. The van der Waals surface area contributed by atoms with Crippen LogP contribution in [0, 0.1) is 0 Å². The Bertz CT molecular complexity index is 800. The van der Waals surface area contributed by atoms with Crippen molar-refractivity contribution >= 4 is 24.7 Å². The maximum atomic E-state index is 12.8. The lowest BCUT2D eigenvalue weighted by molar-refractivity contribution is 0.142. The summed E-state index contributed by atoms with van der Waals surface area (Å²) in [5.41, 5.74) is 5.92. The first kappa shape index (κ1) is 19.6. The van der Waals surface area contributed by atoms with E-state index in [2.05, 4.69) is 15.0 Å². The third kappa shape index (κ3) is 5.39. The summed E-state index contributed by atoms with van der Waals surface area (Å²) in [7, 11) is -3.12. The van der Waals surface area contributed by atoms with Gasteiger partial charge >= 0.3 is 7.60 Å². The van der Waals surface area contributed by atoms with Crippen LogP contribution in [0.2, 0.25) is 0 Å². The first-order valence-electron chi connectivity index (χ1n) is 8.36. The standard InChI is InChI=1S/C15H26N5O4P/c1-10(2)23-25(22,24-11(3)4)8-6-5-7-20-9-17-12-13(20)18-15(16)19-14(12)21/h9-11H,5-8H2,1-4H3,(H3,16,18,19,21). The molecule has 0 fully saturated rings. The second kappa shape index (κ2) is 8.12. The van der Waals surface area contributed by atoms with Crippen molar-refractivity contribution in [1.82, 2.24) is 19.5 Å². The van der Waals surface area contributed by atoms with E-state index < -0.39 is 7.60 Å². The molecule has 0 saturated carbocycles. The minimum absolute atomic E-state index is 0.0550. The molecule has 10 heteroatoms. The Morgan fingerprint density at radius 1 is 1.24 bits per heavy atom. The number of hydrogen-bond donors (Lipinski definition) is 2. The van der Waals surface area contributed by atoms with Crippen molar-refractivity contribution in [1.29, 1.82) is 0 Å². The minimum Gasteiger partial charge on any atom is -0.369 e. The van der Waals surface area contributed by atoms with Crippen molar-refractivity contribution in [2.24, 2.45) is 0 Å². The van der Waals surface area contributed by atoms with Crippen LogP contribution in [-0.4, -0.2) is 37.9 Å². The fourth-order valence-corrected chi connectivity index (χ4v) is 4.65. The SMILES string of the molecule is CC(C)OP(=O)(CCCCn1cnc2c(=O)[nH]c(N)nc21)OC(C)C. The molecule has 140 valence electrons. The number of nitrogens with zero attached hydrogens (tertiary/aromatic N) is 3. The smallest absolute Gasteiger partial charge is 0.331 e. The Morgan fingerprint density at radius 2 is 1.88 bits per heavy atom. The van der Waals surface area contributed by atoms with E-state index in [0.29, 0.717) is 31.2 Å². The molecule has 3 N–H and O–H groups in total. The predicted molar refractivity (Wildman–Crippen MR) is 96.7 cm³/mol. The fraction of sp³-hybridized carbons (Fsp3) is 0.667. The molecule has 9 nitrogen and oxygen atoms in total. The Labute approximate surface area is 146 Å². The molecular weight excluding hydrogens is 345 g/mol. The van der Waals surface area contributed by atoms with Gasteiger partial charge in [0.1, 0.15) is 0 Å². The van der Waals surface area contributed by atoms with E-state index in [0.717, 1.165) is 0 Å². The monoisotopic (exact) mass is 371 g/mol.